The molecule has 1 aliphatic carbocycles. The first-order valence-electron chi connectivity index (χ1n) is 10.6. The van der Waals surface area contributed by atoms with E-state index in [4.69, 9.17) is 0 Å². The molecule has 1 saturated carbocycles. The summed E-state index contributed by atoms with van der Waals surface area (Å²) < 4.78 is 52.9. The molecule has 3 atom stereocenters. The van der Waals surface area contributed by atoms with Crippen LogP contribution in [0.15, 0.2) is 48.9 Å². The normalized spacial score (nSPS) is 22.4. The Morgan fingerprint density at radius 1 is 1.12 bits per heavy atom. The average molecular weight is 460 g/mol. The molecule has 33 heavy (non-hydrogen) atoms. The molecule has 3 aromatic rings. The number of amides is 1. The van der Waals surface area contributed by atoms with Crippen LogP contribution in [0, 0.1) is 11.7 Å². The molecule has 1 aromatic carbocycles. The van der Waals surface area contributed by atoms with Gasteiger partial charge in [-0.05, 0) is 43.4 Å². The van der Waals surface area contributed by atoms with Gasteiger partial charge in [0.25, 0.3) is 5.91 Å². The smallest absolute Gasteiger partial charge is 0.363 e. The highest BCUT2D eigenvalue weighted by atomic mass is 19.4. The standard InChI is InChI=1S/C22H20F4N6O/c23-16-10-14(22(24,25)26)11-27-20(16)30-17-6-5-13-9-19(17)31(12-13)21(33)15-3-1-2-4-18(15)32-28-7-8-29-32/h1-4,7-8,10-11,13,17,19H,5-6,9,12H2,(H,27,30). The molecule has 2 bridgehead atoms. The van der Waals surface area contributed by atoms with Gasteiger partial charge < -0.3 is 10.2 Å². The van der Waals surface area contributed by atoms with E-state index in [-0.39, 0.29) is 23.8 Å². The zero-order chi connectivity index (χ0) is 23.2. The van der Waals surface area contributed by atoms with Gasteiger partial charge in [0, 0.05) is 18.8 Å². The molecule has 0 spiro atoms. The molecule has 7 nitrogen and oxygen atoms in total. The van der Waals surface area contributed by atoms with E-state index in [1.54, 1.807) is 29.2 Å². The molecule has 0 radical (unpaired) electrons. The first-order valence-corrected chi connectivity index (χ1v) is 10.6. The third-order valence-corrected chi connectivity index (χ3v) is 6.30. The summed E-state index contributed by atoms with van der Waals surface area (Å²) in [6.07, 6.45) is 1.20. The van der Waals surface area contributed by atoms with Gasteiger partial charge in [-0.25, -0.2) is 9.37 Å². The van der Waals surface area contributed by atoms with Crippen molar-refractivity contribution >= 4 is 11.7 Å². The Hall–Kier alpha value is -3.50. The van der Waals surface area contributed by atoms with Crippen LogP contribution in [-0.2, 0) is 6.18 Å². The molecule has 1 N–H and O–H groups in total. The van der Waals surface area contributed by atoms with Gasteiger partial charge in [0.15, 0.2) is 11.6 Å². The van der Waals surface area contributed by atoms with E-state index < -0.39 is 17.6 Å². The van der Waals surface area contributed by atoms with Crippen molar-refractivity contribution in [1.29, 1.82) is 0 Å². The molecule has 3 unspecified atom stereocenters. The molecular weight excluding hydrogens is 440 g/mol. The lowest BCUT2D eigenvalue weighted by Gasteiger charge is -2.34. The van der Waals surface area contributed by atoms with Crippen LogP contribution in [0.4, 0.5) is 23.4 Å². The summed E-state index contributed by atoms with van der Waals surface area (Å²) in [4.78, 5) is 20.4. The number of para-hydroxylation sites is 1. The second-order valence-corrected chi connectivity index (χ2v) is 8.34. The Labute approximate surface area is 186 Å². The third-order valence-electron chi connectivity index (χ3n) is 6.30. The predicted octanol–water partition coefficient (Wildman–Crippen LogP) is 3.93. The molecule has 2 aliphatic rings. The minimum absolute atomic E-state index is 0.190. The van der Waals surface area contributed by atoms with Crippen molar-refractivity contribution in [3.63, 3.8) is 0 Å². The summed E-state index contributed by atoms with van der Waals surface area (Å²) in [5.41, 5.74) is -0.150. The van der Waals surface area contributed by atoms with E-state index in [2.05, 4.69) is 20.5 Å². The van der Waals surface area contributed by atoms with Gasteiger partial charge in [0.1, 0.15) is 0 Å². The Kier molecular flexibility index (Phi) is 5.26. The average Bonchev–Trinajstić information content (AvgIpc) is 3.44. The van der Waals surface area contributed by atoms with Crippen LogP contribution in [0.25, 0.3) is 5.69 Å². The van der Waals surface area contributed by atoms with E-state index in [1.807, 2.05) is 0 Å². The van der Waals surface area contributed by atoms with Crippen LogP contribution >= 0.6 is 0 Å². The second-order valence-electron chi connectivity index (χ2n) is 8.34. The monoisotopic (exact) mass is 460 g/mol. The number of halogens is 4. The van der Waals surface area contributed by atoms with Crippen LogP contribution in [0.5, 0.6) is 0 Å². The summed E-state index contributed by atoms with van der Waals surface area (Å²) in [7, 11) is 0. The number of aromatic nitrogens is 4. The van der Waals surface area contributed by atoms with E-state index >= 15 is 0 Å². The van der Waals surface area contributed by atoms with Crippen molar-refractivity contribution in [2.24, 2.45) is 5.92 Å². The van der Waals surface area contributed by atoms with Crippen LogP contribution in [0.3, 0.4) is 0 Å². The molecule has 172 valence electrons. The fraction of sp³-hybridized carbons (Fsp3) is 0.364. The number of anilines is 1. The van der Waals surface area contributed by atoms with Gasteiger partial charge in [-0.2, -0.15) is 28.2 Å². The molecule has 1 saturated heterocycles. The maximum atomic E-state index is 14.4. The number of carbonyl (C=O) groups is 1. The van der Waals surface area contributed by atoms with Crippen molar-refractivity contribution < 1.29 is 22.4 Å². The van der Waals surface area contributed by atoms with E-state index in [0.717, 1.165) is 12.8 Å². The Balaban J connectivity index is 1.39. The van der Waals surface area contributed by atoms with Crippen LogP contribution in [0.1, 0.15) is 35.2 Å². The second kappa shape index (κ2) is 8.13. The first-order chi connectivity index (χ1) is 15.8. The van der Waals surface area contributed by atoms with Gasteiger partial charge >= 0.3 is 6.18 Å². The summed E-state index contributed by atoms with van der Waals surface area (Å²) >= 11 is 0. The maximum absolute atomic E-state index is 14.4. The third kappa shape index (κ3) is 4.03. The molecular formula is C22H20F4N6O. The lowest BCUT2D eigenvalue weighted by atomic mass is 9.86. The SMILES string of the molecule is O=C(c1ccccc1-n1nccn1)N1CC2CCC(Nc3ncc(C(F)(F)F)cc3F)C1C2. The molecule has 1 amide bonds. The van der Waals surface area contributed by atoms with Crippen molar-refractivity contribution in [3.8, 4) is 5.69 Å². The molecule has 2 fully saturated rings. The highest BCUT2D eigenvalue weighted by molar-refractivity contribution is 5.98. The van der Waals surface area contributed by atoms with Gasteiger partial charge in [0.2, 0.25) is 0 Å². The summed E-state index contributed by atoms with van der Waals surface area (Å²) in [6.45, 7) is 0.561. The number of benzene rings is 1. The number of likely N-dealkylation sites (tertiary alicyclic amines) is 1. The molecule has 2 aromatic heterocycles. The van der Waals surface area contributed by atoms with Gasteiger partial charge in [0.05, 0.1) is 35.2 Å². The number of pyridine rings is 1. The number of nitrogens with one attached hydrogen (secondary N) is 1. The summed E-state index contributed by atoms with van der Waals surface area (Å²) in [6, 6.07) is 6.89. The summed E-state index contributed by atoms with van der Waals surface area (Å²) in [5, 5.41) is 11.2. The zero-order valence-electron chi connectivity index (χ0n) is 17.3. The van der Waals surface area contributed by atoms with Gasteiger partial charge in [-0.1, -0.05) is 12.1 Å². The largest absolute Gasteiger partial charge is 0.417 e. The molecule has 1 aliphatic heterocycles. The maximum Gasteiger partial charge on any atom is 0.417 e. The van der Waals surface area contributed by atoms with Crippen molar-refractivity contribution in [2.75, 3.05) is 11.9 Å². The minimum Gasteiger partial charge on any atom is -0.363 e. The van der Waals surface area contributed by atoms with Gasteiger partial charge in [-0.15, -0.1) is 0 Å². The number of fused-ring (bicyclic) bond motifs is 2. The summed E-state index contributed by atoms with van der Waals surface area (Å²) in [5.74, 6) is -1.19. The minimum atomic E-state index is -4.67. The molecule has 5 rings (SSSR count). The number of hydrogen-bond acceptors (Lipinski definition) is 5. The molecule has 11 heteroatoms. The number of carbonyl (C=O) groups excluding carboxylic acids is 1. The van der Waals surface area contributed by atoms with E-state index in [1.165, 1.54) is 17.2 Å². The highest BCUT2D eigenvalue weighted by Crippen LogP contribution is 2.38. The quantitative estimate of drug-likeness (QED) is 0.598. The molecule has 3 heterocycles. The van der Waals surface area contributed by atoms with Crippen LogP contribution in [-0.4, -0.2) is 49.4 Å². The Bertz CT molecular complexity index is 1170. The lowest BCUT2D eigenvalue weighted by Crippen LogP contribution is -2.46. The van der Waals surface area contributed by atoms with Crippen LogP contribution < -0.4 is 5.32 Å². The highest BCUT2D eigenvalue weighted by Gasteiger charge is 2.44. The van der Waals surface area contributed by atoms with Crippen molar-refractivity contribution in [2.45, 2.75) is 37.5 Å². The zero-order valence-corrected chi connectivity index (χ0v) is 17.3. The Morgan fingerprint density at radius 2 is 1.88 bits per heavy atom. The van der Waals surface area contributed by atoms with E-state index in [9.17, 15) is 22.4 Å². The lowest BCUT2D eigenvalue weighted by molar-refractivity contribution is -0.138. The fourth-order valence-electron chi connectivity index (χ4n) is 4.76. The number of rotatable bonds is 4. The van der Waals surface area contributed by atoms with Crippen molar-refractivity contribution in [1.82, 2.24) is 24.9 Å². The van der Waals surface area contributed by atoms with E-state index in [0.29, 0.717) is 42.4 Å². The first kappa shape index (κ1) is 21.4. The number of alkyl halides is 3. The Morgan fingerprint density at radius 3 is 2.61 bits per heavy atom. The van der Waals surface area contributed by atoms with Crippen LogP contribution in [0.2, 0.25) is 0 Å². The van der Waals surface area contributed by atoms with Crippen molar-refractivity contribution in [3.05, 3.63) is 65.9 Å². The number of hydrogen-bond donors (Lipinski definition) is 1. The van der Waals surface area contributed by atoms with Gasteiger partial charge in [-0.3, -0.25) is 4.79 Å². The number of nitrogens with zero attached hydrogens (tertiary/aromatic N) is 5. The fourth-order valence-corrected chi connectivity index (χ4v) is 4.76. The predicted molar refractivity (Wildman–Crippen MR) is 110 cm³/mol. The topological polar surface area (TPSA) is 75.9 Å².